The maximum atomic E-state index is 9.66. The number of pyridine rings is 1. The molecule has 0 fully saturated rings. The van der Waals surface area contributed by atoms with Crippen LogP contribution in [0.2, 0.25) is 0 Å². The second kappa shape index (κ2) is 4.90. The van der Waals surface area contributed by atoms with Crippen LogP contribution in [0, 0.1) is 0 Å². The van der Waals surface area contributed by atoms with E-state index in [9.17, 15) is 5.11 Å². The molecule has 19 heavy (non-hydrogen) atoms. The molecule has 1 heterocycles. The number of nitrogens with zero attached hydrogens (tertiary/aromatic N) is 2. The zero-order valence-corrected chi connectivity index (χ0v) is 10.2. The molecule has 0 spiro atoms. The smallest absolute Gasteiger partial charge is 0.124 e. The van der Waals surface area contributed by atoms with Gasteiger partial charge >= 0.3 is 0 Å². The quantitative estimate of drug-likeness (QED) is 0.703. The summed E-state index contributed by atoms with van der Waals surface area (Å²) in [6, 6.07) is 16.9. The Hall–Kier alpha value is -2.68. The Labute approximate surface area is 110 Å². The summed E-state index contributed by atoms with van der Waals surface area (Å²) in [5, 5.41) is 10.7. The van der Waals surface area contributed by atoms with Crippen LogP contribution in [0.1, 0.15) is 5.56 Å². The molecule has 1 N–H and O–H groups in total. The first-order valence-electron chi connectivity index (χ1n) is 6.00. The number of aliphatic imine (C=N–C) groups is 1. The van der Waals surface area contributed by atoms with E-state index >= 15 is 0 Å². The first-order valence-corrected chi connectivity index (χ1v) is 6.00. The minimum atomic E-state index is 0.227. The standard InChI is InChI=1S/C16H12N2O/c19-16-6-2-1-4-13(16)11-18-14-8-7-12-5-3-9-17-15(12)10-14/h1-11,19H. The SMILES string of the molecule is Oc1ccccc1C=Nc1ccc2cccnc2c1. The van der Waals surface area contributed by atoms with Crippen molar-refractivity contribution in [2.45, 2.75) is 0 Å². The van der Waals surface area contributed by atoms with Gasteiger partial charge in [0.1, 0.15) is 5.75 Å². The summed E-state index contributed by atoms with van der Waals surface area (Å²) in [7, 11) is 0. The van der Waals surface area contributed by atoms with E-state index in [1.807, 2.05) is 42.5 Å². The second-order valence-electron chi connectivity index (χ2n) is 4.20. The number of hydrogen-bond acceptors (Lipinski definition) is 3. The van der Waals surface area contributed by atoms with E-state index in [0.29, 0.717) is 5.56 Å². The Kier molecular flexibility index (Phi) is 2.94. The summed E-state index contributed by atoms with van der Waals surface area (Å²) >= 11 is 0. The lowest BCUT2D eigenvalue weighted by Gasteiger charge is -1.99. The van der Waals surface area contributed by atoms with E-state index in [1.54, 1.807) is 24.5 Å². The van der Waals surface area contributed by atoms with Gasteiger partial charge in [0, 0.05) is 23.4 Å². The van der Waals surface area contributed by atoms with Gasteiger partial charge in [0.05, 0.1) is 11.2 Å². The molecule has 3 aromatic rings. The summed E-state index contributed by atoms with van der Waals surface area (Å²) in [6.07, 6.45) is 3.41. The summed E-state index contributed by atoms with van der Waals surface area (Å²) in [5.41, 5.74) is 2.42. The average Bonchev–Trinajstić information content (AvgIpc) is 2.46. The molecule has 0 amide bonds. The van der Waals surface area contributed by atoms with Gasteiger partial charge in [-0.25, -0.2) is 0 Å². The van der Waals surface area contributed by atoms with Gasteiger partial charge in [0.2, 0.25) is 0 Å². The van der Waals surface area contributed by atoms with E-state index in [4.69, 9.17) is 0 Å². The van der Waals surface area contributed by atoms with Gasteiger partial charge in [-0.2, -0.15) is 0 Å². The monoisotopic (exact) mass is 248 g/mol. The van der Waals surface area contributed by atoms with Crippen LogP contribution < -0.4 is 0 Å². The van der Waals surface area contributed by atoms with Crippen molar-refractivity contribution in [2.75, 3.05) is 0 Å². The fourth-order valence-corrected chi connectivity index (χ4v) is 1.88. The highest BCUT2D eigenvalue weighted by molar-refractivity contribution is 5.87. The highest BCUT2D eigenvalue weighted by atomic mass is 16.3. The number of benzene rings is 2. The van der Waals surface area contributed by atoms with Gasteiger partial charge in [-0.3, -0.25) is 9.98 Å². The lowest BCUT2D eigenvalue weighted by Crippen LogP contribution is -1.81. The first kappa shape index (κ1) is 11.4. The number of para-hydroxylation sites is 1. The molecule has 92 valence electrons. The van der Waals surface area contributed by atoms with Crippen molar-refractivity contribution >= 4 is 22.8 Å². The Morgan fingerprint density at radius 2 is 1.89 bits per heavy atom. The molecule has 0 saturated carbocycles. The zero-order chi connectivity index (χ0) is 13.1. The first-order chi connectivity index (χ1) is 9.33. The molecule has 0 radical (unpaired) electrons. The Morgan fingerprint density at radius 3 is 2.79 bits per heavy atom. The van der Waals surface area contributed by atoms with Gasteiger partial charge in [-0.05, 0) is 30.3 Å². The normalized spacial score (nSPS) is 11.2. The summed E-state index contributed by atoms with van der Waals surface area (Å²) < 4.78 is 0. The molecule has 0 atom stereocenters. The lowest BCUT2D eigenvalue weighted by atomic mass is 10.2. The van der Waals surface area contributed by atoms with Crippen molar-refractivity contribution in [3.8, 4) is 5.75 Å². The fraction of sp³-hybridized carbons (Fsp3) is 0. The van der Waals surface area contributed by atoms with Crippen LogP contribution in [-0.2, 0) is 0 Å². The van der Waals surface area contributed by atoms with Gasteiger partial charge in [-0.1, -0.05) is 24.3 Å². The summed E-state index contributed by atoms with van der Waals surface area (Å²) in [5.74, 6) is 0.227. The van der Waals surface area contributed by atoms with E-state index in [-0.39, 0.29) is 5.75 Å². The Bertz CT molecular complexity index is 750. The van der Waals surface area contributed by atoms with E-state index in [0.717, 1.165) is 16.6 Å². The van der Waals surface area contributed by atoms with Gasteiger partial charge < -0.3 is 5.11 Å². The third kappa shape index (κ3) is 2.45. The zero-order valence-electron chi connectivity index (χ0n) is 10.2. The average molecular weight is 248 g/mol. The molecule has 0 aliphatic rings. The minimum Gasteiger partial charge on any atom is -0.507 e. The van der Waals surface area contributed by atoms with Crippen molar-refractivity contribution in [3.05, 3.63) is 66.4 Å². The molecule has 0 aliphatic heterocycles. The number of phenolic OH excluding ortho intramolecular Hbond substituents is 1. The molecule has 2 aromatic carbocycles. The fourth-order valence-electron chi connectivity index (χ4n) is 1.88. The minimum absolute atomic E-state index is 0.227. The van der Waals surface area contributed by atoms with Crippen molar-refractivity contribution in [2.24, 2.45) is 4.99 Å². The predicted octanol–water partition coefficient (Wildman–Crippen LogP) is 3.69. The lowest BCUT2D eigenvalue weighted by molar-refractivity contribution is 0.474. The van der Waals surface area contributed by atoms with Crippen molar-refractivity contribution in [1.82, 2.24) is 4.98 Å². The molecule has 3 heteroatoms. The number of hydrogen-bond donors (Lipinski definition) is 1. The molecule has 3 rings (SSSR count). The number of phenols is 1. The Balaban J connectivity index is 1.95. The molecular formula is C16H12N2O. The van der Waals surface area contributed by atoms with Crippen molar-refractivity contribution < 1.29 is 5.11 Å². The van der Waals surface area contributed by atoms with Gasteiger partial charge in [-0.15, -0.1) is 0 Å². The van der Waals surface area contributed by atoms with Crippen LogP contribution in [0.15, 0.2) is 65.8 Å². The molecular weight excluding hydrogens is 236 g/mol. The van der Waals surface area contributed by atoms with Crippen molar-refractivity contribution in [3.63, 3.8) is 0 Å². The molecule has 3 nitrogen and oxygen atoms in total. The maximum Gasteiger partial charge on any atom is 0.124 e. The van der Waals surface area contributed by atoms with Crippen LogP contribution in [-0.4, -0.2) is 16.3 Å². The number of fused-ring (bicyclic) bond motifs is 1. The molecule has 1 aromatic heterocycles. The second-order valence-corrected chi connectivity index (χ2v) is 4.20. The summed E-state index contributed by atoms with van der Waals surface area (Å²) in [4.78, 5) is 8.65. The van der Waals surface area contributed by atoms with Gasteiger partial charge in [0.25, 0.3) is 0 Å². The van der Waals surface area contributed by atoms with Crippen molar-refractivity contribution in [1.29, 1.82) is 0 Å². The topological polar surface area (TPSA) is 45.5 Å². The summed E-state index contributed by atoms with van der Waals surface area (Å²) in [6.45, 7) is 0. The molecule has 0 unspecified atom stereocenters. The van der Waals surface area contributed by atoms with Crippen LogP contribution in [0.5, 0.6) is 5.75 Å². The van der Waals surface area contributed by atoms with E-state index in [1.165, 1.54) is 0 Å². The highest BCUT2D eigenvalue weighted by Gasteiger charge is 1.97. The molecule has 0 saturated heterocycles. The number of aromatic nitrogens is 1. The molecule has 0 aliphatic carbocycles. The third-order valence-corrected chi connectivity index (χ3v) is 2.88. The number of aromatic hydroxyl groups is 1. The largest absolute Gasteiger partial charge is 0.507 e. The van der Waals surface area contributed by atoms with Crippen LogP contribution in [0.3, 0.4) is 0 Å². The predicted molar refractivity (Wildman–Crippen MR) is 77.1 cm³/mol. The highest BCUT2D eigenvalue weighted by Crippen LogP contribution is 2.20. The third-order valence-electron chi connectivity index (χ3n) is 2.88. The van der Waals surface area contributed by atoms with Crippen LogP contribution >= 0.6 is 0 Å². The molecule has 0 bridgehead atoms. The Morgan fingerprint density at radius 1 is 1.00 bits per heavy atom. The van der Waals surface area contributed by atoms with E-state index < -0.39 is 0 Å². The van der Waals surface area contributed by atoms with Crippen LogP contribution in [0.4, 0.5) is 5.69 Å². The maximum absolute atomic E-state index is 9.66. The van der Waals surface area contributed by atoms with Crippen LogP contribution in [0.25, 0.3) is 10.9 Å². The van der Waals surface area contributed by atoms with E-state index in [2.05, 4.69) is 9.98 Å². The number of rotatable bonds is 2. The van der Waals surface area contributed by atoms with Gasteiger partial charge in [0.15, 0.2) is 0 Å².